The van der Waals surface area contributed by atoms with E-state index < -0.39 is 5.97 Å². The molecule has 0 spiro atoms. The van der Waals surface area contributed by atoms with E-state index in [1.807, 2.05) is 31.2 Å². The van der Waals surface area contributed by atoms with Crippen LogP contribution in [0.2, 0.25) is 0 Å². The number of carbonyl (C=O) groups is 1. The van der Waals surface area contributed by atoms with Crippen molar-refractivity contribution < 1.29 is 14.6 Å². The highest BCUT2D eigenvalue weighted by Crippen LogP contribution is 2.26. The van der Waals surface area contributed by atoms with Crippen LogP contribution in [0.25, 0.3) is 0 Å². The van der Waals surface area contributed by atoms with Crippen LogP contribution in [0.5, 0.6) is 5.75 Å². The minimum atomic E-state index is -0.977. The average molecular weight is 286 g/mol. The Morgan fingerprint density at radius 3 is 2.48 bits per heavy atom. The van der Waals surface area contributed by atoms with Gasteiger partial charge in [-0.05, 0) is 42.8 Å². The number of carboxylic acids is 1. The fourth-order valence-electron chi connectivity index (χ4n) is 2.02. The van der Waals surface area contributed by atoms with Gasteiger partial charge in [-0.2, -0.15) is 0 Å². The van der Waals surface area contributed by atoms with E-state index in [4.69, 9.17) is 15.6 Å². The number of nitrogens with two attached hydrogens (primary N) is 1. The fraction of sp³-hybridized carbons (Fsp3) is 0.188. The molecule has 0 saturated heterocycles. The van der Waals surface area contributed by atoms with Gasteiger partial charge in [-0.1, -0.05) is 12.1 Å². The number of nitrogen functional groups attached to an aromatic ring is 1. The van der Waals surface area contributed by atoms with Gasteiger partial charge in [-0.3, -0.25) is 0 Å². The molecule has 1 unspecified atom stereocenters. The first-order valence-corrected chi connectivity index (χ1v) is 6.54. The molecule has 0 aliphatic rings. The lowest BCUT2D eigenvalue weighted by Crippen LogP contribution is -2.09. The zero-order valence-corrected chi connectivity index (χ0v) is 12.0. The summed E-state index contributed by atoms with van der Waals surface area (Å²) in [4.78, 5) is 11.0. The van der Waals surface area contributed by atoms with E-state index in [0.29, 0.717) is 11.4 Å². The van der Waals surface area contributed by atoms with Gasteiger partial charge in [0.25, 0.3) is 0 Å². The molecule has 21 heavy (non-hydrogen) atoms. The number of rotatable bonds is 5. The number of methoxy groups -OCH3 is 1. The molecular weight excluding hydrogens is 268 g/mol. The van der Waals surface area contributed by atoms with Gasteiger partial charge in [0, 0.05) is 6.04 Å². The van der Waals surface area contributed by atoms with E-state index >= 15 is 0 Å². The van der Waals surface area contributed by atoms with Crippen molar-refractivity contribution in [2.24, 2.45) is 0 Å². The molecule has 5 nitrogen and oxygen atoms in total. The summed E-state index contributed by atoms with van der Waals surface area (Å²) >= 11 is 0. The van der Waals surface area contributed by atoms with E-state index in [2.05, 4.69) is 5.32 Å². The second-order valence-corrected chi connectivity index (χ2v) is 4.75. The lowest BCUT2D eigenvalue weighted by molar-refractivity contribution is 0.0697. The van der Waals surface area contributed by atoms with Crippen LogP contribution < -0.4 is 15.8 Å². The Bertz CT molecular complexity index is 638. The van der Waals surface area contributed by atoms with Crippen LogP contribution in [0, 0.1) is 0 Å². The summed E-state index contributed by atoms with van der Waals surface area (Å²) in [7, 11) is 1.62. The molecule has 110 valence electrons. The Morgan fingerprint density at radius 1 is 1.24 bits per heavy atom. The van der Waals surface area contributed by atoms with Crippen molar-refractivity contribution in [2.75, 3.05) is 18.2 Å². The van der Waals surface area contributed by atoms with Crippen molar-refractivity contribution in [1.82, 2.24) is 0 Å². The maximum atomic E-state index is 11.0. The number of aromatic carboxylic acids is 1. The molecule has 2 aromatic carbocycles. The normalized spacial score (nSPS) is 11.7. The number of hydrogen-bond acceptors (Lipinski definition) is 4. The quantitative estimate of drug-likeness (QED) is 0.735. The highest BCUT2D eigenvalue weighted by molar-refractivity contribution is 5.90. The minimum absolute atomic E-state index is 0.0118. The van der Waals surface area contributed by atoms with E-state index in [9.17, 15) is 4.79 Å². The summed E-state index contributed by atoms with van der Waals surface area (Å²) in [5.41, 5.74) is 8.26. The van der Waals surface area contributed by atoms with Gasteiger partial charge >= 0.3 is 5.97 Å². The Labute approximate surface area is 123 Å². The van der Waals surface area contributed by atoms with Gasteiger partial charge in [0.05, 0.1) is 24.0 Å². The van der Waals surface area contributed by atoms with Crippen molar-refractivity contribution in [1.29, 1.82) is 0 Å². The smallest absolute Gasteiger partial charge is 0.335 e. The Hall–Kier alpha value is -2.69. The predicted octanol–water partition coefficient (Wildman–Crippen LogP) is 3.15. The van der Waals surface area contributed by atoms with Crippen LogP contribution in [0.3, 0.4) is 0 Å². The molecule has 0 saturated carbocycles. The zero-order valence-electron chi connectivity index (χ0n) is 12.0. The first kappa shape index (κ1) is 14.7. The van der Waals surface area contributed by atoms with Gasteiger partial charge in [0.15, 0.2) is 0 Å². The Kier molecular flexibility index (Phi) is 4.33. The molecule has 0 aromatic heterocycles. The summed E-state index contributed by atoms with van der Waals surface area (Å²) in [6.07, 6.45) is 0. The molecule has 0 bridgehead atoms. The topological polar surface area (TPSA) is 84.6 Å². The van der Waals surface area contributed by atoms with Crippen molar-refractivity contribution in [3.8, 4) is 5.75 Å². The molecule has 0 amide bonds. The van der Waals surface area contributed by atoms with Crippen LogP contribution in [0.15, 0.2) is 42.5 Å². The Balaban J connectivity index is 2.19. The SMILES string of the molecule is COc1ccc(C(C)Nc2cc(C(=O)O)ccc2N)cc1. The van der Waals surface area contributed by atoms with Crippen LogP contribution >= 0.6 is 0 Å². The summed E-state index contributed by atoms with van der Waals surface area (Å²) in [6, 6.07) is 12.3. The van der Waals surface area contributed by atoms with E-state index in [0.717, 1.165) is 11.3 Å². The van der Waals surface area contributed by atoms with Gasteiger partial charge in [-0.15, -0.1) is 0 Å². The molecule has 2 rings (SSSR count). The summed E-state index contributed by atoms with van der Waals surface area (Å²) in [5, 5.41) is 12.3. The summed E-state index contributed by atoms with van der Waals surface area (Å²) < 4.78 is 5.12. The van der Waals surface area contributed by atoms with Crippen LogP contribution in [0.4, 0.5) is 11.4 Å². The van der Waals surface area contributed by atoms with E-state index in [1.54, 1.807) is 13.2 Å². The van der Waals surface area contributed by atoms with Crippen LogP contribution in [-0.2, 0) is 0 Å². The van der Waals surface area contributed by atoms with E-state index in [-0.39, 0.29) is 11.6 Å². The monoisotopic (exact) mass is 286 g/mol. The third-order valence-electron chi connectivity index (χ3n) is 3.29. The van der Waals surface area contributed by atoms with Gasteiger partial charge in [-0.25, -0.2) is 4.79 Å². The first-order chi connectivity index (χ1) is 10.0. The second-order valence-electron chi connectivity index (χ2n) is 4.75. The van der Waals surface area contributed by atoms with Gasteiger partial charge in [0.1, 0.15) is 5.75 Å². The summed E-state index contributed by atoms with van der Waals surface area (Å²) in [5.74, 6) is -0.187. The first-order valence-electron chi connectivity index (χ1n) is 6.54. The van der Waals surface area contributed by atoms with Crippen molar-refractivity contribution in [3.05, 3.63) is 53.6 Å². The molecule has 0 radical (unpaired) electrons. The lowest BCUT2D eigenvalue weighted by Gasteiger charge is -2.18. The highest BCUT2D eigenvalue weighted by atomic mass is 16.5. The number of hydrogen-bond donors (Lipinski definition) is 3. The molecular formula is C16H18N2O3. The maximum absolute atomic E-state index is 11.0. The van der Waals surface area contributed by atoms with Crippen molar-refractivity contribution in [3.63, 3.8) is 0 Å². The van der Waals surface area contributed by atoms with Crippen LogP contribution in [0.1, 0.15) is 28.9 Å². The zero-order chi connectivity index (χ0) is 15.4. The molecule has 0 aliphatic carbocycles. The van der Waals surface area contributed by atoms with Crippen LogP contribution in [-0.4, -0.2) is 18.2 Å². The number of anilines is 2. The molecule has 2 aromatic rings. The largest absolute Gasteiger partial charge is 0.497 e. The maximum Gasteiger partial charge on any atom is 0.335 e. The van der Waals surface area contributed by atoms with Gasteiger partial charge in [0.2, 0.25) is 0 Å². The van der Waals surface area contributed by atoms with Crippen molar-refractivity contribution >= 4 is 17.3 Å². The third-order valence-corrected chi connectivity index (χ3v) is 3.29. The molecule has 0 aliphatic heterocycles. The number of benzene rings is 2. The number of carboxylic acid groups (broad SMARTS) is 1. The molecule has 5 heteroatoms. The number of ether oxygens (including phenoxy) is 1. The lowest BCUT2D eigenvalue weighted by atomic mass is 10.1. The standard InChI is InChI=1S/C16H18N2O3/c1-10(11-3-6-13(21-2)7-4-11)18-15-9-12(16(19)20)5-8-14(15)17/h3-10,18H,17H2,1-2H3,(H,19,20). The Morgan fingerprint density at radius 2 is 1.90 bits per heavy atom. The minimum Gasteiger partial charge on any atom is -0.497 e. The molecule has 4 N–H and O–H groups in total. The molecule has 0 fully saturated rings. The third kappa shape index (κ3) is 3.45. The van der Waals surface area contributed by atoms with Crippen molar-refractivity contribution in [2.45, 2.75) is 13.0 Å². The fourth-order valence-corrected chi connectivity index (χ4v) is 2.02. The average Bonchev–Trinajstić information content (AvgIpc) is 2.49. The highest BCUT2D eigenvalue weighted by Gasteiger charge is 2.10. The molecule has 1 atom stereocenters. The summed E-state index contributed by atoms with van der Waals surface area (Å²) in [6.45, 7) is 1.98. The second kappa shape index (κ2) is 6.17. The molecule has 0 heterocycles. The van der Waals surface area contributed by atoms with Gasteiger partial charge < -0.3 is 20.9 Å². The predicted molar refractivity (Wildman–Crippen MR) is 82.8 cm³/mol. The van der Waals surface area contributed by atoms with E-state index in [1.165, 1.54) is 12.1 Å². The number of nitrogens with one attached hydrogen (secondary N) is 1.